The van der Waals surface area contributed by atoms with Crippen molar-refractivity contribution in [2.75, 3.05) is 0 Å². The van der Waals surface area contributed by atoms with E-state index in [0.717, 1.165) is 18.4 Å². The van der Waals surface area contributed by atoms with E-state index in [4.69, 9.17) is 23.2 Å². The zero-order valence-electron chi connectivity index (χ0n) is 13.2. The summed E-state index contributed by atoms with van der Waals surface area (Å²) < 4.78 is 1.80. The molecule has 9 heteroatoms. The Morgan fingerprint density at radius 2 is 2.12 bits per heavy atom. The molecule has 2 aromatic rings. The SMILES string of the molecule is CC(Sc1nnnn1C1CC1)C(=O)NC(C)c1ccc(Cl)cc1Cl. The lowest BCUT2D eigenvalue weighted by Gasteiger charge is -2.18. The Bertz CT molecular complexity index is 749. The van der Waals surface area contributed by atoms with Crippen molar-refractivity contribution < 1.29 is 4.79 Å². The first-order chi connectivity index (χ1) is 11.5. The predicted octanol–water partition coefficient (Wildman–Crippen LogP) is 3.67. The van der Waals surface area contributed by atoms with Crippen molar-refractivity contribution in [1.82, 2.24) is 25.5 Å². The van der Waals surface area contributed by atoms with Crippen LogP contribution in [-0.2, 0) is 4.79 Å². The largest absolute Gasteiger partial charge is 0.349 e. The van der Waals surface area contributed by atoms with Crippen LogP contribution in [0.5, 0.6) is 0 Å². The van der Waals surface area contributed by atoms with Crippen LogP contribution in [0.2, 0.25) is 10.0 Å². The Morgan fingerprint density at radius 1 is 1.38 bits per heavy atom. The quantitative estimate of drug-likeness (QED) is 0.767. The van der Waals surface area contributed by atoms with Crippen molar-refractivity contribution in [3.8, 4) is 0 Å². The number of hydrogen-bond donors (Lipinski definition) is 1. The summed E-state index contributed by atoms with van der Waals surface area (Å²) in [6, 6.07) is 5.41. The summed E-state index contributed by atoms with van der Waals surface area (Å²) in [4.78, 5) is 12.4. The molecule has 6 nitrogen and oxygen atoms in total. The molecule has 1 amide bonds. The fourth-order valence-electron chi connectivity index (χ4n) is 2.28. The monoisotopic (exact) mass is 385 g/mol. The fourth-order valence-corrected chi connectivity index (χ4v) is 3.72. The summed E-state index contributed by atoms with van der Waals surface area (Å²) in [6.07, 6.45) is 2.18. The molecule has 0 bridgehead atoms. The highest BCUT2D eigenvalue weighted by Gasteiger charge is 2.29. The molecule has 1 aromatic carbocycles. The number of benzene rings is 1. The summed E-state index contributed by atoms with van der Waals surface area (Å²) in [6.45, 7) is 3.72. The van der Waals surface area contributed by atoms with Crippen LogP contribution >= 0.6 is 35.0 Å². The molecule has 1 heterocycles. The van der Waals surface area contributed by atoms with Gasteiger partial charge in [0.25, 0.3) is 0 Å². The van der Waals surface area contributed by atoms with Gasteiger partial charge in [0.1, 0.15) is 0 Å². The van der Waals surface area contributed by atoms with Gasteiger partial charge in [0, 0.05) is 10.0 Å². The minimum absolute atomic E-state index is 0.0936. The first-order valence-electron chi connectivity index (χ1n) is 7.65. The van der Waals surface area contributed by atoms with Crippen molar-refractivity contribution >= 4 is 40.9 Å². The number of thioether (sulfide) groups is 1. The lowest BCUT2D eigenvalue weighted by Crippen LogP contribution is -2.33. The smallest absolute Gasteiger partial charge is 0.233 e. The maximum absolute atomic E-state index is 12.4. The molecule has 128 valence electrons. The summed E-state index contributed by atoms with van der Waals surface area (Å²) in [5.41, 5.74) is 0.828. The molecular formula is C15H17Cl2N5OS. The van der Waals surface area contributed by atoms with Gasteiger partial charge in [-0.05, 0) is 54.8 Å². The zero-order valence-corrected chi connectivity index (χ0v) is 15.6. The summed E-state index contributed by atoms with van der Waals surface area (Å²) in [5, 5.41) is 16.1. The van der Waals surface area contributed by atoms with E-state index in [9.17, 15) is 4.79 Å². The topological polar surface area (TPSA) is 72.7 Å². The highest BCUT2D eigenvalue weighted by molar-refractivity contribution is 8.00. The molecule has 1 fully saturated rings. The van der Waals surface area contributed by atoms with E-state index in [1.165, 1.54) is 11.8 Å². The van der Waals surface area contributed by atoms with Crippen molar-refractivity contribution in [2.45, 2.75) is 49.2 Å². The van der Waals surface area contributed by atoms with E-state index in [0.29, 0.717) is 21.2 Å². The van der Waals surface area contributed by atoms with Crippen LogP contribution in [0, 0.1) is 0 Å². The van der Waals surface area contributed by atoms with Gasteiger partial charge < -0.3 is 5.32 Å². The van der Waals surface area contributed by atoms with Crippen LogP contribution in [0.4, 0.5) is 0 Å². The third-order valence-electron chi connectivity index (χ3n) is 3.79. The number of rotatable bonds is 6. The third kappa shape index (κ3) is 4.02. The molecule has 3 rings (SSSR count). The zero-order chi connectivity index (χ0) is 17.3. The number of carbonyl (C=O) groups is 1. The molecule has 1 aliphatic rings. The number of carbonyl (C=O) groups excluding carboxylic acids is 1. The Morgan fingerprint density at radius 3 is 2.79 bits per heavy atom. The molecule has 24 heavy (non-hydrogen) atoms. The average Bonchev–Trinajstić information content (AvgIpc) is 3.27. The Labute approximate surface area is 154 Å². The van der Waals surface area contributed by atoms with Crippen LogP contribution in [0.15, 0.2) is 23.4 Å². The second-order valence-corrected chi connectivity index (χ2v) is 7.94. The first-order valence-corrected chi connectivity index (χ1v) is 9.29. The maximum Gasteiger partial charge on any atom is 0.233 e. The second kappa shape index (κ2) is 7.29. The number of tetrazole rings is 1. The first kappa shape index (κ1) is 17.5. The minimum Gasteiger partial charge on any atom is -0.349 e. The number of amides is 1. The van der Waals surface area contributed by atoms with Crippen LogP contribution < -0.4 is 5.32 Å². The lowest BCUT2D eigenvalue weighted by atomic mass is 10.1. The Hall–Kier alpha value is -1.31. The van der Waals surface area contributed by atoms with E-state index >= 15 is 0 Å². The van der Waals surface area contributed by atoms with Gasteiger partial charge in [-0.1, -0.05) is 41.0 Å². The molecule has 0 aliphatic heterocycles. The van der Waals surface area contributed by atoms with E-state index in [1.807, 2.05) is 19.9 Å². The van der Waals surface area contributed by atoms with Gasteiger partial charge in [0.2, 0.25) is 11.1 Å². The highest BCUT2D eigenvalue weighted by Crippen LogP contribution is 2.37. The Balaban J connectivity index is 1.62. The van der Waals surface area contributed by atoms with E-state index < -0.39 is 0 Å². The van der Waals surface area contributed by atoms with Gasteiger partial charge in [-0.2, -0.15) is 0 Å². The van der Waals surface area contributed by atoms with Gasteiger partial charge in [-0.15, -0.1) is 5.10 Å². The van der Waals surface area contributed by atoms with Crippen molar-refractivity contribution in [1.29, 1.82) is 0 Å². The van der Waals surface area contributed by atoms with E-state index in [2.05, 4.69) is 20.8 Å². The van der Waals surface area contributed by atoms with Crippen molar-refractivity contribution in [3.05, 3.63) is 33.8 Å². The lowest BCUT2D eigenvalue weighted by molar-refractivity contribution is -0.120. The number of aromatic nitrogens is 4. The average molecular weight is 386 g/mol. The molecule has 0 saturated heterocycles. The molecule has 2 unspecified atom stereocenters. The molecule has 0 spiro atoms. The van der Waals surface area contributed by atoms with Crippen LogP contribution in [-0.4, -0.2) is 31.4 Å². The van der Waals surface area contributed by atoms with Gasteiger partial charge in [0.05, 0.1) is 17.3 Å². The molecule has 1 N–H and O–H groups in total. The van der Waals surface area contributed by atoms with E-state index in [1.54, 1.807) is 16.8 Å². The van der Waals surface area contributed by atoms with Crippen LogP contribution in [0.25, 0.3) is 0 Å². The Kier molecular flexibility index (Phi) is 5.32. The molecule has 1 aliphatic carbocycles. The van der Waals surface area contributed by atoms with Crippen LogP contribution in [0.1, 0.15) is 44.3 Å². The molecule has 1 aromatic heterocycles. The van der Waals surface area contributed by atoms with Crippen LogP contribution in [0.3, 0.4) is 0 Å². The highest BCUT2D eigenvalue weighted by atomic mass is 35.5. The molecule has 0 radical (unpaired) electrons. The summed E-state index contributed by atoms with van der Waals surface area (Å²) >= 11 is 13.5. The maximum atomic E-state index is 12.4. The standard InChI is InChI=1S/C15H17Cl2N5OS/c1-8(12-6-3-10(16)7-13(12)17)18-14(23)9(2)24-15-19-20-21-22(15)11-4-5-11/h3,6-9,11H,4-5H2,1-2H3,(H,18,23). The summed E-state index contributed by atoms with van der Waals surface area (Å²) in [5.74, 6) is -0.0936. The van der Waals surface area contributed by atoms with Crippen molar-refractivity contribution in [3.63, 3.8) is 0 Å². The number of hydrogen-bond acceptors (Lipinski definition) is 5. The molecule has 2 atom stereocenters. The number of nitrogens with zero attached hydrogens (tertiary/aromatic N) is 4. The summed E-state index contributed by atoms with van der Waals surface area (Å²) in [7, 11) is 0. The normalized spacial score (nSPS) is 16.7. The third-order valence-corrected chi connectivity index (χ3v) is 5.40. The van der Waals surface area contributed by atoms with Crippen molar-refractivity contribution in [2.24, 2.45) is 0 Å². The van der Waals surface area contributed by atoms with Gasteiger partial charge in [0.15, 0.2) is 0 Å². The van der Waals surface area contributed by atoms with Gasteiger partial charge in [-0.3, -0.25) is 4.79 Å². The predicted molar refractivity (Wildman–Crippen MR) is 94.4 cm³/mol. The number of nitrogens with one attached hydrogen (secondary N) is 1. The fraction of sp³-hybridized carbons (Fsp3) is 0.467. The number of halogens is 2. The molecule has 1 saturated carbocycles. The van der Waals surface area contributed by atoms with Gasteiger partial charge in [-0.25, -0.2) is 4.68 Å². The minimum atomic E-state index is -0.318. The molecular weight excluding hydrogens is 369 g/mol. The second-order valence-electron chi connectivity index (χ2n) is 5.79. The van der Waals surface area contributed by atoms with E-state index in [-0.39, 0.29) is 17.2 Å². The van der Waals surface area contributed by atoms with Gasteiger partial charge >= 0.3 is 0 Å².